The molecule has 5 heteroatoms. The second-order valence-corrected chi connectivity index (χ2v) is 7.88. The van der Waals surface area contributed by atoms with E-state index in [1.807, 2.05) is 23.1 Å². The van der Waals surface area contributed by atoms with Crippen LogP contribution < -0.4 is 0 Å². The number of carbonyl (C=O) groups is 1. The zero-order valence-corrected chi connectivity index (χ0v) is 14.8. The first-order chi connectivity index (χ1) is 11.6. The predicted molar refractivity (Wildman–Crippen MR) is 94.0 cm³/mol. The fraction of sp³-hybridized carbons (Fsp3) is 0.632. The summed E-state index contributed by atoms with van der Waals surface area (Å²) in [6.45, 7) is 5.64. The molecule has 130 valence electrons. The molecule has 1 aromatic carbocycles. The lowest BCUT2D eigenvalue weighted by atomic mass is 9.78. The van der Waals surface area contributed by atoms with Gasteiger partial charge in [-0.15, -0.1) is 0 Å². The molecular weight excluding hydrogens is 324 g/mol. The molecule has 4 nitrogen and oxygen atoms in total. The third-order valence-corrected chi connectivity index (χ3v) is 6.03. The summed E-state index contributed by atoms with van der Waals surface area (Å²) in [7, 11) is 0. The van der Waals surface area contributed by atoms with Crippen molar-refractivity contribution in [2.75, 3.05) is 32.8 Å². The van der Waals surface area contributed by atoms with Crippen LogP contribution in [0.4, 0.5) is 0 Å². The number of nitrogens with zero attached hydrogens (tertiary/aromatic N) is 2. The lowest BCUT2D eigenvalue weighted by Crippen LogP contribution is -2.64. The standard InChI is InChI=1S/C19H25ClN2O2/c20-17-4-1-3-15(11-17)12-21-13-19(14-21)16(7-10-24-19)6-9-22-8-2-5-18(22)23/h1,3-4,11,16H,2,5-10,12-14H2/t16-/m0/s1. The highest BCUT2D eigenvalue weighted by atomic mass is 35.5. The van der Waals surface area contributed by atoms with Crippen LogP contribution in [-0.2, 0) is 16.1 Å². The number of ether oxygens (including phenoxy) is 1. The molecule has 3 heterocycles. The number of carbonyl (C=O) groups excluding carboxylic acids is 1. The maximum absolute atomic E-state index is 11.8. The highest BCUT2D eigenvalue weighted by Crippen LogP contribution is 2.42. The average molecular weight is 349 g/mol. The molecule has 1 spiro atoms. The van der Waals surface area contributed by atoms with E-state index < -0.39 is 0 Å². The molecule has 3 saturated heterocycles. The number of hydrogen-bond acceptors (Lipinski definition) is 3. The molecule has 0 radical (unpaired) electrons. The van der Waals surface area contributed by atoms with Crippen molar-refractivity contribution in [3.8, 4) is 0 Å². The topological polar surface area (TPSA) is 32.8 Å². The van der Waals surface area contributed by atoms with Gasteiger partial charge in [0, 0.05) is 50.8 Å². The van der Waals surface area contributed by atoms with Gasteiger partial charge in [-0.2, -0.15) is 0 Å². The number of halogens is 1. The van der Waals surface area contributed by atoms with Crippen LogP contribution in [0.5, 0.6) is 0 Å². The highest BCUT2D eigenvalue weighted by Gasteiger charge is 2.52. The van der Waals surface area contributed by atoms with E-state index in [-0.39, 0.29) is 5.60 Å². The highest BCUT2D eigenvalue weighted by molar-refractivity contribution is 6.30. The van der Waals surface area contributed by atoms with E-state index in [0.29, 0.717) is 11.8 Å². The van der Waals surface area contributed by atoms with Crippen molar-refractivity contribution in [1.29, 1.82) is 0 Å². The molecule has 0 saturated carbocycles. The summed E-state index contributed by atoms with van der Waals surface area (Å²) in [5, 5.41) is 0.799. The Morgan fingerprint density at radius 1 is 1.33 bits per heavy atom. The summed E-state index contributed by atoms with van der Waals surface area (Å²) in [4.78, 5) is 16.3. The smallest absolute Gasteiger partial charge is 0.222 e. The van der Waals surface area contributed by atoms with Crippen molar-refractivity contribution in [2.45, 2.75) is 37.8 Å². The molecule has 0 unspecified atom stereocenters. The maximum atomic E-state index is 11.8. The first-order valence-corrected chi connectivity index (χ1v) is 9.41. The van der Waals surface area contributed by atoms with Gasteiger partial charge >= 0.3 is 0 Å². The molecule has 3 aliphatic rings. The average Bonchev–Trinajstić information content (AvgIpc) is 3.11. The van der Waals surface area contributed by atoms with Gasteiger partial charge in [-0.1, -0.05) is 23.7 Å². The van der Waals surface area contributed by atoms with Gasteiger partial charge in [0.25, 0.3) is 0 Å². The Balaban J connectivity index is 1.30. The van der Waals surface area contributed by atoms with Crippen LogP contribution >= 0.6 is 11.6 Å². The van der Waals surface area contributed by atoms with Gasteiger partial charge in [0.1, 0.15) is 0 Å². The largest absolute Gasteiger partial charge is 0.372 e. The molecule has 1 aromatic rings. The van der Waals surface area contributed by atoms with E-state index in [1.165, 1.54) is 5.56 Å². The number of rotatable bonds is 5. The van der Waals surface area contributed by atoms with Gasteiger partial charge in [0.2, 0.25) is 5.91 Å². The van der Waals surface area contributed by atoms with Gasteiger partial charge < -0.3 is 9.64 Å². The van der Waals surface area contributed by atoms with Gasteiger partial charge in [-0.3, -0.25) is 9.69 Å². The maximum Gasteiger partial charge on any atom is 0.222 e. The summed E-state index contributed by atoms with van der Waals surface area (Å²) in [6, 6.07) is 8.09. The van der Waals surface area contributed by atoms with Crippen LogP contribution in [0.3, 0.4) is 0 Å². The van der Waals surface area contributed by atoms with Crippen molar-refractivity contribution < 1.29 is 9.53 Å². The monoisotopic (exact) mass is 348 g/mol. The SMILES string of the molecule is O=C1CCCN1CC[C@H]1CCOC12CN(Cc1cccc(Cl)c1)C2. The molecule has 3 aliphatic heterocycles. The molecule has 24 heavy (non-hydrogen) atoms. The first kappa shape index (κ1) is 16.4. The minimum atomic E-state index is 0.0291. The Hall–Kier alpha value is -1.10. The van der Waals surface area contributed by atoms with Crippen LogP contribution in [-0.4, -0.2) is 54.1 Å². The second kappa shape index (κ2) is 6.66. The summed E-state index contributed by atoms with van der Waals surface area (Å²) in [5.74, 6) is 0.917. The zero-order valence-electron chi connectivity index (χ0n) is 14.0. The summed E-state index contributed by atoms with van der Waals surface area (Å²) >= 11 is 6.07. The summed E-state index contributed by atoms with van der Waals surface area (Å²) in [6.07, 6.45) is 3.97. The Morgan fingerprint density at radius 2 is 2.21 bits per heavy atom. The van der Waals surface area contributed by atoms with Crippen molar-refractivity contribution in [2.24, 2.45) is 5.92 Å². The Labute approximate surface area is 148 Å². The minimum Gasteiger partial charge on any atom is -0.372 e. The summed E-state index contributed by atoms with van der Waals surface area (Å²) < 4.78 is 6.15. The molecule has 0 N–H and O–H groups in total. The summed E-state index contributed by atoms with van der Waals surface area (Å²) in [5.41, 5.74) is 1.29. The molecule has 0 aromatic heterocycles. The van der Waals surface area contributed by atoms with Crippen LogP contribution in [0.25, 0.3) is 0 Å². The predicted octanol–water partition coefficient (Wildman–Crippen LogP) is 2.94. The number of amides is 1. The van der Waals surface area contributed by atoms with E-state index in [9.17, 15) is 4.79 Å². The molecule has 0 bridgehead atoms. The van der Waals surface area contributed by atoms with E-state index in [2.05, 4.69) is 11.0 Å². The van der Waals surface area contributed by atoms with E-state index in [4.69, 9.17) is 16.3 Å². The van der Waals surface area contributed by atoms with Crippen molar-refractivity contribution in [1.82, 2.24) is 9.80 Å². The van der Waals surface area contributed by atoms with Gasteiger partial charge in [-0.05, 0) is 42.9 Å². The van der Waals surface area contributed by atoms with Gasteiger partial charge in [-0.25, -0.2) is 0 Å². The van der Waals surface area contributed by atoms with E-state index >= 15 is 0 Å². The second-order valence-electron chi connectivity index (χ2n) is 7.45. The number of likely N-dealkylation sites (tertiary alicyclic amines) is 2. The van der Waals surface area contributed by atoms with Crippen LogP contribution in [0, 0.1) is 5.92 Å². The molecule has 4 rings (SSSR count). The number of benzene rings is 1. The Bertz CT molecular complexity index is 615. The number of hydrogen-bond donors (Lipinski definition) is 0. The molecule has 1 atom stereocenters. The van der Waals surface area contributed by atoms with E-state index in [1.54, 1.807) is 0 Å². The van der Waals surface area contributed by atoms with Crippen LogP contribution in [0.2, 0.25) is 5.02 Å². The van der Waals surface area contributed by atoms with Crippen molar-refractivity contribution in [3.63, 3.8) is 0 Å². The van der Waals surface area contributed by atoms with Crippen molar-refractivity contribution in [3.05, 3.63) is 34.9 Å². The molecule has 3 fully saturated rings. The lowest BCUT2D eigenvalue weighted by molar-refractivity contribution is -0.139. The quantitative estimate of drug-likeness (QED) is 0.820. The Morgan fingerprint density at radius 3 is 2.96 bits per heavy atom. The normalized spacial score (nSPS) is 26.3. The third-order valence-electron chi connectivity index (χ3n) is 5.80. The van der Waals surface area contributed by atoms with Crippen molar-refractivity contribution >= 4 is 17.5 Å². The minimum absolute atomic E-state index is 0.0291. The Kier molecular flexibility index (Phi) is 4.54. The fourth-order valence-corrected chi connectivity index (χ4v) is 4.72. The van der Waals surface area contributed by atoms with Crippen LogP contribution in [0.1, 0.15) is 31.2 Å². The third kappa shape index (κ3) is 3.19. The molecule has 1 amide bonds. The van der Waals surface area contributed by atoms with E-state index in [0.717, 1.165) is 70.0 Å². The van der Waals surface area contributed by atoms with Gasteiger partial charge in [0.05, 0.1) is 5.60 Å². The molecular formula is C19H25ClN2O2. The fourth-order valence-electron chi connectivity index (χ4n) is 4.51. The first-order valence-electron chi connectivity index (χ1n) is 9.03. The zero-order chi connectivity index (χ0) is 16.6. The lowest BCUT2D eigenvalue weighted by Gasteiger charge is -2.50. The molecule has 0 aliphatic carbocycles. The van der Waals surface area contributed by atoms with Gasteiger partial charge in [0.15, 0.2) is 0 Å². The van der Waals surface area contributed by atoms with Crippen LogP contribution in [0.15, 0.2) is 24.3 Å².